The number of nitrogens with zero attached hydrogens (tertiary/aromatic N) is 1. The van der Waals surface area contributed by atoms with Crippen LogP contribution in [-0.4, -0.2) is 44.4 Å². The van der Waals surface area contributed by atoms with E-state index < -0.39 is 18.3 Å². The van der Waals surface area contributed by atoms with Crippen LogP contribution in [0.25, 0.3) is 0 Å². The SMILES string of the molecule is CNc1cc(N2CC[C@H](F)C2)c(C(=O)NC2CCC(C(F)(F)F)CC2)cc1N. The average Bonchev–Trinajstić information content (AvgIpc) is 3.07. The zero-order valence-corrected chi connectivity index (χ0v) is 15.8. The van der Waals surface area contributed by atoms with Crippen LogP contribution in [0.5, 0.6) is 0 Å². The lowest BCUT2D eigenvalue weighted by Gasteiger charge is -2.31. The van der Waals surface area contributed by atoms with Gasteiger partial charge >= 0.3 is 6.18 Å². The third-order valence-electron chi connectivity index (χ3n) is 5.68. The number of benzene rings is 1. The number of hydrogen-bond donors (Lipinski definition) is 3. The van der Waals surface area contributed by atoms with Gasteiger partial charge in [-0.25, -0.2) is 4.39 Å². The number of alkyl halides is 4. The van der Waals surface area contributed by atoms with E-state index >= 15 is 0 Å². The van der Waals surface area contributed by atoms with Gasteiger partial charge in [-0.3, -0.25) is 4.79 Å². The van der Waals surface area contributed by atoms with Gasteiger partial charge in [0, 0.05) is 26.2 Å². The molecule has 4 N–H and O–H groups in total. The number of hydrogen-bond acceptors (Lipinski definition) is 4. The summed E-state index contributed by atoms with van der Waals surface area (Å²) in [5.74, 6) is -1.69. The lowest BCUT2D eigenvalue weighted by molar-refractivity contribution is -0.182. The summed E-state index contributed by atoms with van der Waals surface area (Å²) in [5, 5.41) is 5.80. The summed E-state index contributed by atoms with van der Waals surface area (Å²) < 4.78 is 52.2. The van der Waals surface area contributed by atoms with Crippen molar-refractivity contribution < 1.29 is 22.4 Å². The first kappa shape index (κ1) is 20.5. The Kier molecular flexibility index (Phi) is 5.90. The topological polar surface area (TPSA) is 70.4 Å². The van der Waals surface area contributed by atoms with Crippen LogP contribution in [0, 0.1) is 5.92 Å². The second-order valence-electron chi connectivity index (χ2n) is 7.60. The number of nitrogens with two attached hydrogens (primary N) is 1. The highest BCUT2D eigenvalue weighted by Gasteiger charge is 2.41. The minimum absolute atomic E-state index is 0.0117. The highest BCUT2D eigenvalue weighted by molar-refractivity contribution is 6.02. The molecule has 0 radical (unpaired) electrons. The molecule has 0 bridgehead atoms. The van der Waals surface area contributed by atoms with E-state index in [0.717, 1.165) is 0 Å². The molecule has 156 valence electrons. The quantitative estimate of drug-likeness (QED) is 0.531. The van der Waals surface area contributed by atoms with Crippen LogP contribution >= 0.6 is 0 Å². The molecule has 2 aliphatic rings. The average molecular weight is 402 g/mol. The Bertz CT molecular complexity index is 717. The van der Waals surface area contributed by atoms with Gasteiger partial charge in [-0.15, -0.1) is 0 Å². The molecular weight excluding hydrogens is 376 g/mol. The fraction of sp³-hybridized carbons (Fsp3) is 0.632. The number of halogens is 4. The van der Waals surface area contributed by atoms with Crippen molar-refractivity contribution >= 4 is 23.0 Å². The largest absolute Gasteiger partial charge is 0.397 e. The molecule has 0 unspecified atom stereocenters. The van der Waals surface area contributed by atoms with Crippen LogP contribution in [-0.2, 0) is 0 Å². The molecule has 9 heteroatoms. The predicted molar refractivity (Wildman–Crippen MR) is 101 cm³/mol. The highest BCUT2D eigenvalue weighted by Crippen LogP contribution is 2.38. The second-order valence-corrected chi connectivity index (χ2v) is 7.60. The molecule has 28 heavy (non-hydrogen) atoms. The number of anilines is 3. The van der Waals surface area contributed by atoms with Crippen LogP contribution in [0.1, 0.15) is 42.5 Å². The maximum absolute atomic E-state index is 13.7. The molecule has 3 rings (SSSR count). The molecule has 1 aliphatic heterocycles. The van der Waals surface area contributed by atoms with Crippen molar-refractivity contribution in [3.63, 3.8) is 0 Å². The van der Waals surface area contributed by atoms with Crippen LogP contribution in [0.15, 0.2) is 12.1 Å². The van der Waals surface area contributed by atoms with Crippen LogP contribution < -0.4 is 21.3 Å². The third kappa shape index (κ3) is 4.44. The molecule has 1 heterocycles. The maximum Gasteiger partial charge on any atom is 0.391 e. The van der Waals surface area contributed by atoms with Gasteiger partial charge in [0.15, 0.2) is 0 Å². The van der Waals surface area contributed by atoms with E-state index in [9.17, 15) is 22.4 Å². The first-order chi connectivity index (χ1) is 13.2. The van der Waals surface area contributed by atoms with Gasteiger partial charge in [0.05, 0.1) is 28.5 Å². The Labute approximate surface area is 161 Å². The number of nitrogens with one attached hydrogen (secondary N) is 2. The number of carbonyl (C=O) groups is 1. The second kappa shape index (κ2) is 8.05. The third-order valence-corrected chi connectivity index (χ3v) is 5.68. The Morgan fingerprint density at radius 1 is 1.18 bits per heavy atom. The Morgan fingerprint density at radius 3 is 2.39 bits per heavy atom. The van der Waals surface area contributed by atoms with Crippen molar-refractivity contribution in [1.82, 2.24) is 5.32 Å². The van der Waals surface area contributed by atoms with Crippen LogP contribution in [0.4, 0.5) is 34.6 Å². The van der Waals surface area contributed by atoms with E-state index in [0.29, 0.717) is 35.6 Å². The van der Waals surface area contributed by atoms with E-state index in [1.54, 1.807) is 24.1 Å². The van der Waals surface area contributed by atoms with Crippen LogP contribution in [0.2, 0.25) is 0 Å². The Hall–Kier alpha value is -2.19. The van der Waals surface area contributed by atoms with E-state index in [1.807, 2.05) is 0 Å². The summed E-state index contributed by atoms with van der Waals surface area (Å²) in [5.41, 5.74) is 7.93. The number of carbonyl (C=O) groups excluding carboxylic acids is 1. The van der Waals surface area contributed by atoms with Gasteiger partial charge in [0.2, 0.25) is 0 Å². The Balaban J connectivity index is 1.75. The van der Waals surface area contributed by atoms with Crippen molar-refractivity contribution in [1.29, 1.82) is 0 Å². The van der Waals surface area contributed by atoms with Gasteiger partial charge in [-0.05, 0) is 44.2 Å². The lowest BCUT2D eigenvalue weighted by Crippen LogP contribution is -2.40. The normalized spacial score (nSPS) is 25.6. The smallest absolute Gasteiger partial charge is 0.391 e. The van der Waals surface area contributed by atoms with Crippen molar-refractivity contribution in [3.8, 4) is 0 Å². The van der Waals surface area contributed by atoms with Crippen LogP contribution in [0.3, 0.4) is 0 Å². The van der Waals surface area contributed by atoms with Crippen molar-refractivity contribution in [2.45, 2.75) is 50.5 Å². The van der Waals surface area contributed by atoms with E-state index in [4.69, 9.17) is 5.73 Å². The fourth-order valence-corrected chi connectivity index (χ4v) is 4.03. The number of nitrogen functional groups attached to an aromatic ring is 1. The van der Waals surface area contributed by atoms with Gasteiger partial charge < -0.3 is 21.3 Å². The molecule has 1 amide bonds. The van der Waals surface area contributed by atoms with Crippen molar-refractivity contribution in [2.24, 2.45) is 5.92 Å². The number of rotatable bonds is 4. The molecule has 1 aromatic carbocycles. The minimum atomic E-state index is -4.18. The maximum atomic E-state index is 13.7. The number of amides is 1. The van der Waals surface area contributed by atoms with E-state index in [-0.39, 0.29) is 44.2 Å². The summed E-state index contributed by atoms with van der Waals surface area (Å²) in [6.07, 6.45) is -4.16. The van der Waals surface area contributed by atoms with Crippen molar-refractivity contribution in [3.05, 3.63) is 17.7 Å². The highest BCUT2D eigenvalue weighted by atomic mass is 19.4. The molecule has 1 aliphatic carbocycles. The summed E-state index contributed by atoms with van der Waals surface area (Å²) in [6.45, 7) is 0.690. The summed E-state index contributed by atoms with van der Waals surface area (Å²) in [4.78, 5) is 14.7. The summed E-state index contributed by atoms with van der Waals surface area (Å²) >= 11 is 0. The van der Waals surface area contributed by atoms with Gasteiger partial charge in [0.25, 0.3) is 5.91 Å². The van der Waals surface area contributed by atoms with Gasteiger partial charge in [0.1, 0.15) is 6.17 Å². The lowest BCUT2D eigenvalue weighted by atomic mass is 9.85. The predicted octanol–water partition coefficient (Wildman–Crippen LogP) is 3.71. The van der Waals surface area contributed by atoms with Gasteiger partial charge in [-0.1, -0.05) is 0 Å². The summed E-state index contributed by atoms with van der Waals surface area (Å²) in [7, 11) is 1.70. The van der Waals surface area contributed by atoms with Crippen molar-refractivity contribution in [2.75, 3.05) is 36.1 Å². The minimum Gasteiger partial charge on any atom is -0.397 e. The zero-order chi connectivity index (χ0) is 20.5. The molecule has 0 spiro atoms. The molecule has 5 nitrogen and oxygen atoms in total. The standard InChI is InChI=1S/C19H26F4N4O/c1-25-16-9-17(27-7-6-12(20)10-27)14(8-15(16)24)18(28)26-13-4-2-11(3-5-13)19(21,22)23/h8-9,11-13,25H,2-7,10,24H2,1H3,(H,26,28)/t11?,12-,13?/m0/s1. The fourth-order valence-electron chi connectivity index (χ4n) is 4.03. The molecule has 1 saturated carbocycles. The molecule has 0 aromatic heterocycles. The molecule has 1 saturated heterocycles. The Morgan fingerprint density at radius 2 is 1.86 bits per heavy atom. The van der Waals surface area contributed by atoms with E-state index in [1.165, 1.54) is 0 Å². The van der Waals surface area contributed by atoms with E-state index in [2.05, 4.69) is 10.6 Å². The van der Waals surface area contributed by atoms with Gasteiger partial charge in [-0.2, -0.15) is 13.2 Å². The first-order valence-electron chi connectivity index (χ1n) is 9.57. The molecular formula is C19H26F4N4O. The molecule has 1 aromatic rings. The monoisotopic (exact) mass is 402 g/mol. The first-order valence-corrected chi connectivity index (χ1v) is 9.57. The molecule has 1 atom stereocenters. The zero-order valence-electron chi connectivity index (χ0n) is 15.8. The summed E-state index contributed by atoms with van der Waals surface area (Å²) in [6, 6.07) is 2.96. The molecule has 2 fully saturated rings.